The molecule has 2 nitrogen and oxygen atoms in total. The minimum absolute atomic E-state index is 0.341. The third-order valence-corrected chi connectivity index (χ3v) is 4.25. The highest BCUT2D eigenvalue weighted by Crippen LogP contribution is 2.39. The highest BCUT2D eigenvalue weighted by atomic mass is 16.7. The van der Waals surface area contributed by atoms with Crippen LogP contribution in [0.5, 0.6) is 0 Å². The van der Waals surface area contributed by atoms with Crippen molar-refractivity contribution in [2.75, 3.05) is 0 Å². The number of hydrogen-bond donors (Lipinski definition) is 0. The van der Waals surface area contributed by atoms with Crippen LogP contribution in [0.4, 0.5) is 0 Å². The first kappa shape index (κ1) is 18.7. The van der Waals surface area contributed by atoms with Gasteiger partial charge in [-0.3, -0.25) is 0 Å². The lowest BCUT2D eigenvalue weighted by Gasteiger charge is -2.32. The first-order valence-corrected chi connectivity index (χ1v) is 7.86. The van der Waals surface area contributed by atoms with Crippen LogP contribution in [0.25, 0.3) is 0 Å². The van der Waals surface area contributed by atoms with Crippen molar-refractivity contribution < 1.29 is 9.31 Å². The van der Waals surface area contributed by atoms with Crippen LogP contribution in [0.3, 0.4) is 0 Å². The predicted molar refractivity (Wildman–Crippen MR) is 96.7 cm³/mol. The molecule has 1 heterocycles. The first-order chi connectivity index (χ1) is 10.2. The molecule has 0 atom stereocenters. The van der Waals surface area contributed by atoms with Crippen LogP contribution < -0.4 is 0 Å². The zero-order chi connectivity index (χ0) is 17.0. The molecule has 1 rings (SSSR count). The molecule has 0 aliphatic carbocycles. The van der Waals surface area contributed by atoms with E-state index >= 15 is 0 Å². The molecule has 0 unspecified atom stereocenters. The van der Waals surface area contributed by atoms with E-state index < -0.39 is 0 Å². The minimum Gasteiger partial charge on any atom is -0.399 e. The Morgan fingerprint density at radius 1 is 0.909 bits per heavy atom. The Hall–Kier alpha value is -1.32. The standard InChI is InChI=1S/C19H29BO2/c1-9-12-16(11-3)15(4)14-17(13-10-2)20-21-18(5,6)19(7,8)22-20/h9-14H,4H2,1-3,5-8H3/b12-9-,13-10-,16-11+,17-14+. The number of hydrogen-bond acceptors (Lipinski definition) is 2. The largest absolute Gasteiger partial charge is 0.494 e. The normalized spacial score (nSPS) is 22.0. The van der Waals surface area contributed by atoms with Gasteiger partial charge in [0.25, 0.3) is 0 Å². The Kier molecular flexibility index (Phi) is 6.22. The van der Waals surface area contributed by atoms with Crippen molar-refractivity contribution in [1.82, 2.24) is 0 Å². The van der Waals surface area contributed by atoms with Crippen molar-refractivity contribution in [3.63, 3.8) is 0 Å². The van der Waals surface area contributed by atoms with Gasteiger partial charge in [-0.15, -0.1) is 0 Å². The lowest BCUT2D eigenvalue weighted by molar-refractivity contribution is 0.00578. The summed E-state index contributed by atoms with van der Waals surface area (Å²) < 4.78 is 12.3. The maximum absolute atomic E-state index is 6.13. The average Bonchev–Trinajstić information content (AvgIpc) is 2.64. The molecule has 0 aromatic carbocycles. The molecule has 3 heteroatoms. The van der Waals surface area contributed by atoms with E-state index in [1.807, 2.05) is 45.1 Å². The summed E-state index contributed by atoms with van der Waals surface area (Å²) in [7, 11) is -0.373. The molecule has 0 radical (unpaired) electrons. The summed E-state index contributed by atoms with van der Waals surface area (Å²) in [4.78, 5) is 0. The smallest absolute Gasteiger partial charge is 0.399 e. The molecule has 0 bridgehead atoms. The topological polar surface area (TPSA) is 18.5 Å². The summed E-state index contributed by atoms with van der Waals surface area (Å²) in [5, 5.41) is 0. The zero-order valence-corrected chi connectivity index (χ0v) is 15.1. The van der Waals surface area contributed by atoms with E-state index in [1.165, 1.54) is 0 Å². The van der Waals surface area contributed by atoms with Crippen LogP contribution in [-0.4, -0.2) is 18.3 Å². The molecule has 0 aromatic rings. The maximum Gasteiger partial charge on any atom is 0.494 e. The Balaban J connectivity index is 3.11. The highest BCUT2D eigenvalue weighted by Gasteiger charge is 2.51. The fourth-order valence-corrected chi connectivity index (χ4v) is 2.22. The van der Waals surface area contributed by atoms with E-state index in [0.29, 0.717) is 0 Å². The average molecular weight is 300 g/mol. The molecule has 0 N–H and O–H groups in total. The highest BCUT2D eigenvalue weighted by molar-refractivity contribution is 6.55. The molecule has 1 aliphatic rings. The molecule has 1 saturated heterocycles. The third-order valence-electron chi connectivity index (χ3n) is 4.25. The van der Waals surface area contributed by atoms with E-state index in [-0.39, 0.29) is 18.3 Å². The van der Waals surface area contributed by atoms with Gasteiger partial charge in [-0.2, -0.15) is 0 Å². The first-order valence-electron chi connectivity index (χ1n) is 7.86. The minimum atomic E-state index is -0.373. The Bertz CT molecular complexity index is 518. The van der Waals surface area contributed by atoms with Crippen LogP contribution in [0.1, 0.15) is 48.5 Å². The molecular formula is C19H29BO2. The van der Waals surface area contributed by atoms with Gasteiger partial charge in [0.1, 0.15) is 0 Å². The molecule has 120 valence electrons. The second-order valence-corrected chi connectivity index (χ2v) is 6.50. The third kappa shape index (κ3) is 4.11. The van der Waals surface area contributed by atoms with Crippen LogP contribution in [0.15, 0.2) is 59.7 Å². The number of rotatable bonds is 5. The summed E-state index contributed by atoms with van der Waals surface area (Å²) in [6, 6.07) is 0. The van der Waals surface area contributed by atoms with Gasteiger partial charge in [-0.25, -0.2) is 0 Å². The van der Waals surface area contributed by atoms with E-state index in [4.69, 9.17) is 9.31 Å². The molecule has 0 spiro atoms. The van der Waals surface area contributed by atoms with E-state index in [1.54, 1.807) is 0 Å². The molecule has 0 amide bonds. The van der Waals surface area contributed by atoms with E-state index in [0.717, 1.165) is 16.6 Å². The van der Waals surface area contributed by atoms with E-state index in [9.17, 15) is 0 Å². The second kappa shape index (κ2) is 7.30. The van der Waals surface area contributed by atoms with Gasteiger partial charge in [0.2, 0.25) is 0 Å². The second-order valence-electron chi connectivity index (χ2n) is 6.50. The Morgan fingerprint density at radius 2 is 1.41 bits per heavy atom. The molecule has 0 saturated carbocycles. The van der Waals surface area contributed by atoms with Gasteiger partial charge in [0, 0.05) is 0 Å². The summed E-state index contributed by atoms with van der Waals surface area (Å²) in [5.41, 5.74) is 2.35. The van der Waals surface area contributed by atoms with Crippen molar-refractivity contribution in [2.45, 2.75) is 59.7 Å². The summed E-state index contributed by atoms with van der Waals surface area (Å²) >= 11 is 0. The van der Waals surface area contributed by atoms with Gasteiger partial charge in [-0.1, -0.05) is 43.0 Å². The summed E-state index contributed by atoms with van der Waals surface area (Å²) in [6.07, 6.45) is 12.2. The maximum atomic E-state index is 6.13. The van der Waals surface area contributed by atoms with Crippen LogP contribution >= 0.6 is 0 Å². The van der Waals surface area contributed by atoms with Crippen molar-refractivity contribution in [1.29, 1.82) is 0 Å². The Morgan fingerprint density at radius 3 is 1.82 bits per heavy atom. The molecule has 1 aliphatic heterocycles. The molecule has 0 aromatic heterocycles. The van der Waals surface area contributed by atoms with Crippen molar-refractivity contribution in [3.05, 3.63) is 59.7 Å². The van der Waals surface area contributed by atoms with Gasteiger partial charge >= 0.3 is 7.12 Å². The van der Waals surface area contributed by atoms with Crippen molar-refractivity contribution >= 4 is 7.12 Å². The quantitative estimate of drug-likeness (QED) is 0.513. The number of allylic oxidation sites excluding steroid dienone is 9. The fourth-order valence-electron chi connectivity index (χ4n) is 2.22. The van der Waals surface area contributed by atoms with Crippen LogP contribution in [-0.2, 0) is 9.31 Å². The van der Waals surface area contributed by atoms with E-state index in [2.05, 4.69) is 46.4 Å². The lowest BCUT2D eigenvalue weighted by atomic mass is 9.76. The van der Waals surface area contributed by atoms with Crippen LogP contribution in [0, 0.1) is 0 Å². The fraction of sp³-hybridized carbons (Fsp3) is 0.474. The van der Waals surface area contributed by atoms with Crippen molar-refractivity contribution in [2.24, 2.45) is 0 Å². The van der Waals surface area contributed by atoms with Crippen LogP contribution in [0.2, 0.25) is 0 Å². The summed E-state index contributed by atoms with van der Waals surface area (Å²) in [5.74, 6) is 0. The Labute approximate surface area is 136 Å². The van der Waals surface area contributed by atoms with Gasteiger partial charge in [0.05, 0.1) is 11.2 Å². The molecular weight excluding hydrogens is 271 g/mol. The van der Waals surface area contributed by atoms with Crippen molar-refractivity contribution in [3.8, 4) is 0 Å². The SMILES string of the molecule is C=C(/C=C(\C=C/C)B1OC(C)(C)C(C)(C)O1)C(/C=C\C)=C/C. The lowest BCUT2D eigenvalue weighted by Crippen LogP contribution is -2.41. The summed E-state index contributed by atoms with van der Waals surface area (Å²) in [6.45, 7) is 18.4. The van der Waals surface area contributed by atoms with Gasteiger partial charge in [-0.05, 0) is 65.1 Å². The van der Waals surface area contributed by atoms with Gasteiger partial charge in [0.15, 0.2) is 0 Å². The molecule has 22 heavy (non-hydrogen) atoms. The van der Waals surface area contributed by atoms with Gasteiger partial charge < -0.3 is 9.31 Å². The monoisotopic (exact) mass is 300 g/mol. The zero-order valence-electron chi connectivity index (χ0n) is 15.1. The predicted octanol–water partition coefficient (Wildman–Crippen LogP) is 5.20. The molecule has 1 fully saturated rings.